The minimum Gasteiger partial charge on any atom is -0.380 e. The van der Waals surface area contributed by atoms with Crippen LogP contribution in [-0.2, 0) is 13.1 Å². The Labute approximate surface area is 219 Å². The van der Waals surface area contributed by atoms with Crippen LogP contribution in [0.15, 0.2) is 42.6 Å². The highest BCUT2D eigenvalue weighted by Gasteiger charge is 2.20. The predicted octanol–water partition coefficient (Wildman–Crippen LogP) is 4.73. The van der Waals surface area contributed by atoms with Crippen LogP contribution in [0.2, 0.25) is 0 Å². The molecule has 4 rings (SSSR count). The maximum atomic E-state index is 13.8. The number of aromatic nitrogens is 4. The van der Waals surface area contributed by atoms with Gasteiger partial charge in [0.25, 0.3) is 5.91 Å². The normalized spacial score (nSPS) is 12.1. The Bertz CT molecular complexity index is 1430. The van der Waals surface area contributed by atoms with Crippen molar-refractivity contribution in [1.82, 2.24) is 30.0 Å². The van der Waals surface area contributed by atoms with E-state index >= 15 is 0 Å². The van der Waals surface area contributed by atoms with E-state index in [1.165, 1.54) is 0 Å². The number of fused-ring (bicyclic) bond motifs is 1. The van der Waals surface area contributed by atoms with E-state index in [0.29, 0.717) is 17.8 Å². The lowest BCUT2D eigenvalue weighted by Crippen LogP contribution is -2.28. The maximum absolute atomic E-state index is 13.8. The molecule has 0 radical (unpaired) electrons. The fourth-order valence-corrected chi connectivity index (χ4v) is 4.62. The zero-order chi connectivity index (χ0) is 26.7. The molecule has 3 heterocycles. The Balaban J connectivity index is 1.71. The minimum atomic E-state index is -0.0567. The predicted molar refractivity (Wildman–Crippen MR) is 150 cm³/mol. The topological polar surface area (TPSA) is 88.0 Å². The summed E-state index contributed by atoms with van der Waals surface area (Å²) in [5.41, 5.74) is 7.90. The highest BCUT2D eigenvalue weighted by atomic mass is 16.2. The third-order valence-corrected chi connectivity index (χ3v) is 6.71. The fraction of sp³-hybridized carbons (Fsp3) is 0.379. The van der Waals surface area contributed by atoms with Crippen LogP contribution in [0.25, 0.3) is 22.3 Å². The molecular formula is C29H37N7O. The molecule has 194 valence electrons. The molecular weight excluding hydrogens is 462 g/mol. The molecule has 0 bridgehead atoms. The number of rotatable bonds is 9. The summed E-state index contributed by atoms with van der Waals surface area (Å²) < 4.78 is 1.95. The first kappa shape index (κ1) is 26.3. The van der Waals surface area contributed by atoms with E-state index in [4.69, 9.17) is 9.97 Å². The number of likely N-dealkylation sites (N-methyl/N-ethyl adjacent to an activating group) is 1. The number of hydrogen-bond acceptors (Lipinski definition) is 6. The summed E-state index contributed by atoms with van der Waals surface area (Å²) >= 11 is 0. The maximum Gasteiger partial charge on any atom is 0.254 e. The number of anilines is 1. The molecule has 0 saturated carbocycles. The molecule has 0 saturated heterocycles. The van der Waals surface area contributed by atoms with Crippen molar-refractivity contribution in [3.05, 3.63) is 70.7 Å². The van der Waals surface area contributed by atoms with Crippen molar-refractivity contribution in [3.8, 4) is 11.4 Å². The average molecular weight is 500 g/mol. The first-order valence-electron chi connectivity index (χ1n) is 12.8. The molecule has 0 fully saturated rings. The Morgan fingerprint density at radius 2 is 1.86 bits per heavy atom. The SMILES string of the molecule is CCn1ncc(CN(C)C(=O)c2cc(-c3ccc(NC(C)CNC)c(C)n3)nc3ccc(C)cc23)c1C. The lowest BCUT2D eigenvalue weighted by Gasteiger charge is -2.19. The smallest absolute Gasteiger partial charge is 0.254 e. The third-order valence-electron chi connectivity index (χ3n) is 6.71. The number of amides is 1. The van der Waals surface area contributed by atoms with Crippen LogP contribution in [-0.4, -0.2) is 57.2 Å². The summed E-state index contributed by atoms with van der Waals surface area (Å²) in [6.45, 7) is 12.4. The van der Waals surface area contributed by atoms with Gasteiger partial charge in [0.2, 0.25) is 0 Å². The van der Waals surface area contributed by atoms with Gasteiger partial charge >= 0.3 is 0 Å². The Morgan fingerprint density at radius 3 is 2.54 bits per heavy atom. The molecule has 3 aromatic heterocycles. The molecule has 1 aromatic carbocycles. The first-order valence-corrected chi connectivity index (χ1v) is 12.8. The Kier molecular flexibility index (Phi) is 7.88. The molecule has 37 heavy (non-hydrogen) atoms. The van der Waals surface area contributed by atoms with Crippen molar-refractivity contribution in [2.24, 2.45) is 0 Å². The van der Waals surface area contributed by atoms with Gasteiger partial charge in [-0.25, -0.2) is 9.97 Å². The van der Waals surface area contributed by atoms with E-state index in [-0.39, 0.29) is 11.9 Å². The van der Waals surface area contributed by atoms with E-state index < -0.39 is 0 Å². The van der Waals surface area contributed by atoms with Crippen LogP contribution in [0.4, 0.5) is 5.69 Å². The quantitative estimate of drug-likeness (QED) is 0.346. The average Bonchev–Trinajstić information content (AvgIpc) is 3.23. The standard InChI is InChI=1S/C29H37N7O/c1-8-36-21(5)22(16-31-36)17-35(7)29(37)24-14-28(34-26-10-9-18(2)13-23(24)26)27-12-11-25(20(4)33-27)32-19(3)15-30-6/h9-14,16,19,30,32H,8,15,17H2,1-7H3. The number of pyridine rings is 2. The van der Waals surface area contributed by atoms with E-state index in [1.807, 2.05) is 82.1 Å². The van der Waals surface area contributed by atoms with Crippen LogP contribution in [0, 0.1) is 20.8 Å². The molecule has 1 amide bonds. The minimum absolute atomic E-state index is 0.0567. The molecule has 1 unspecified atom stereocenters. The largest absolute Gasteiger partial charge is 0.380 e. The molecule has 0 spiro atoms. The lowest BCUT2D eigenvalue weighted by atomic mass is 10.0. The van der Waals surface area contributed by atoms with Crippen LogP contribution < -0.4 is 10.6 Å². The van der Waals surface area contributed by atoms with E-state index in [9.17, 15) is 4.79 Å². The van der Waals surface area contributed by atoms with Crippen molar-refractivity contribution in [1.29, 1.82) is 0 Å². The number of hydrogen-bond donors (Lipinski definition) is 2. The number of carbonyl (C=O) groups is 1. The van der Waals surface area contributed by atoms with Crippen molar-refractivity contribution in [2.45, 2.75) is 53.8 Å². The van der Waals surface area contributed by atoms with Crippen LogP contribution >= 0.6 is 0 Å². The molecule has 8 nitrogen and oxygen atoms in total. The second kappa shape index (κ2) is 11.1. The number of nitrogens with one attached hydrogen (secondary N) is 2. The molecule has 1 atom stereocenters. The monoisotopic (exact) mass is 499 g/mol. The van der Waals surface area contributed by atoms with Gasteiger partial charge in [-0.05, 0) is 72.0 Å². The molecule has 0 aliphatic rings. The summed E-state index contributed by atoms with van der Waals surface area (Å²) in [5, 5.41) is 11.9. The van der Waals surface area contributed by atoms with Crippen molar-refractivity contribution in [3.63, 3.8) is 0 Å². The van der Waals surface area contributed by atoms with E-state index in [1.54, 1.807) is 4.90 Å². The third kappa shape index (κ3) is 5.64. The Morgan fingerprint density at radius 1 is 1.08 bits per heavy atom. The summed E-state index contributed by atoms with van der Waals surface area (Å²) in [7, 11) is 3.77. The van der Waals surface area contributed by atoms with Crippen LogP contribution in [0.5, 0.6) is 0 Å². The highest BCUT2D eigenvalue weighted by molar-refractivity contribution is 6.07. The molecule has 0 aliphatic heterocycles. The lowest BCUT2D eigenvalue weighted by molar-refractivity contribution is 0.0787. The van der Waals surface area contributed by atoms with Gasteiger partial charge in [-0.2, -0.15) is 5.10 Å². The van der Waals surface area contributed by atoms with Gasteiger partial charge < -0.3 is 15.5 Å². The van der Waals surface area contributed by atoms with Gasteiger partial charge in [-0.3, -0.25) is 9.48 Å². The number of carbonyl (C=O) groups excluding carboxylic acids is 1. The number of nitrogens with zero attached hydrogens (tertiary/aromatic N) is 5. The van der Waals surface area contributed by atoms with Gasteiger partial charge in [-0.1, -0.05) is 11.6 Å². The van der Waals surface area contributed by atoms with Crippen molar-refractivity contribution >= 4 is 22.5 Å². The molecule has 8 heteroatoms. The summed E-state index contributed by atoms with van der Waals surface area (Å²) in [4.78, 5) is 25.3. The Hall–Kier alpha value is -3.78. The first-order chi connectivity index (χ1) is 17.7. The highest BCUT2D eigenvalue weighted by Crippen LogP contribution is 2.28. The molecule has 0 aliphatic carbocycles. The summed E-state index contributed by atoms with van der Waals surface area (Å²) in [5.74, 6) is -0.0567. The van der Waals surface area contributed by atoms with E-state index in [0.717, 1.165) is 57.9 Å². The summed E-state index contributed by atoms with van der Waals surface area (Å²) in [6, 6.07) is 12.2. The van der Waals surface area contributed by atoms with Crippen LogP contribution in [0.3, 0.4) is 0 Å². The second-order valence-corrected chi connectivity index (χ2v) is 9.74. The van der Waals surface area contributed by atoms with Crippen LogP contribution in [0.1, 0.15) is 46.7 Å². The molecule has 2 N–H and O–H groups in total. The second-order valence-electron chi connectivity index (χ2n) is 9.74. The number of benzene rings is 1. The zero-order valence-electron chi connectivity index (χ0n) is 22.9. The van der Waals surface area contributed by atoms with Gasteiger partial charge in [0.15, 0.2) is 0 Å². The molecule has 4 aromatic rings. The van der Waals surface area contributed by atoms with Gasteiger partial charge in [0.05, 0.1) is 40.0 Å². The van der Waals surface area contributed by atoms with Crippen molar-refractivity contribution < 1.29 is 4.79 Å². The van der Waals surface area contributed by atoms with Crippen molar-refractivity contribution in [2.75, 3.05) is 26.0 Å². The van der Waals surface area contributed by atoms with Gasteiger partial charge in [0, 0.05) is 49.4 Å². The van der Waals surface area contributed by atoms with E-state index in [2.05, 4.69) is 29.6 Å². The zero-order valence-corrected chi connectivity index (χ0v) is 22.9. The summed E-state index contributed by atoms with van der Waals surface area (Å²) in [6.07, 6.45) is 1.85. The fourth-order valence-electron chi connectivity index (χ4n) is 4.62. The van der Waals surface area contributed by atoms with Gasteiger partial charge in [-0.15, -0.1) is 0 Å². The number of aryl methyl sites for hydroxylation is 3. The van der Waals surface area contributed by atoms with Gasteiger partial charge in [0.1, 0.15) is 0 Å².